The number of fused-ring (bicyclic) bond motifs is 1. The van der Waals surface area contributed by atoms with Gasteiger partial charge in [-0.2, -0.15) is 15.1 Å². The number of nitrogens with one attached hydrogen (secondary N) is 1. The van der Waals surface area contributed by atoms with Crippen molar-refractivity contribution in [2.75, 3.05) is 0 Å². The average Bonchev–Trinajstić information content (AvgIpc) is 3.20. The fourth-order valence-corrected chi connectivity index (χ4v) is 4.20. The number of amidine groups is 2. The zero-order valence-corrected chi connectivity index (χ0v) is 17.0. The van der Waals surface area contributed by atoms with Crippen molar-refractivity contribution in [3.8, 4) is 5.69 Å². The van der Waals surface area contributed by atoms with Gasteiger partial charge >= 0.3 is 0 Å². The predicted molar refractivity (Wildman–Crippen MR) is 115 cm³/mol. The van der Waals surface area contributed by atoms with Crippen LogP contribution in [-0.2, 0) is 4.79 Å². The summed E-state index contributed by atoms with van der Waals surface area (Å²) in [6.45, 7) is 8.11. The molecule has 0 atom stereocenters. The Hall–Kier alpha value is -2.93. The Labute approximate surface area is 168 Å². The number of carbonyl (C=O) groups excluding carboxylic acids is 1. The number of para-hydroxylation sites is 1. The van der Waals surface area contributed by atoms with Gasteiger partial charge < -0.3 is 4.57 Å². The van der Waals surface area contributed by atoms with Gasteiger partial charge in [-0.3, -0.25) is 10.2 Å². The molecule has 142 valence electrons. The summed E-state index contributed by atoms with van der Waals surface area (Å²) in [5.74, 6) is -0.102. The van der Waals surface area contributed by atoms with Crippen LogP contribution in [0.5, 0.6) is 0 Å². The van der Waals surface area contributed by atoms with E-state index in [1.54, 1.807) is 6.08 Å². The number of aryl methyl sites for hydroxylation is 1. The number of aliphatic imine (C=N–C) groups is 1. The molecule has 6 nitrogen and oxygen atoms in total. The summed E-state index contributed by atoms with van der Waals surface area (Å²) < 4.78 is 2.14. The number of thioether (sulfide) groups is 1. The number of nitrogens with zero attached hydrogens (tertiary/aromatic N) is 4. The van der Waals surface area contributed by atoms with E-state index < -0.39 is 5.91 Å². The minimum Gasteiger partial charge on any atom is -0.318 e. The molecule has 2 aromatic rings. The van der Waals surface area contributed by atoms with E-state index >= 15 is 0 Å². The van der Waals surface area contributed by atoms with Crippen molar-refractivity contribution in [3.63, 3.8) is 0 Å². The summed E-state index contributed by atoms with van der Waals surface area (Å²) >= 11 is 1.36. The monoisotopic (exact) mass is 391 g/mol. The molecule has 0 bridgehead atoms. The van der Waals surface area contributed by atoms with Crippen molar-refractivity contribution >= 4 is 39.8 Å². The van der Waals surface area contributed by atoms with Crippen molar-refractivity contribution < 1.29 is 4.79 Å². The van der Waals surface area contributed by atoms with Crippen LogP contribution in [0.1, 0.15) is 30.8 Å². The van der Waals surface area contributed by atoms with Crippen LogP contribution in [0.4, 0.5) is 0 Å². The van der Waals surface area contributed by atoms with Crippen molar-refractivity contribution in [3.05, 3.63) is 58.9 Å². The molecular formula is C21H21N5OS. The first-order valence-electron chi connectivity index (χ1n) is 9.11. The summed E-state index contributed by atoms with van der Waals surface area (Å²) in [5.41, 5.74) is 4.29. The molecule has 0 fully saturated rings. The van der Waals surface area contributed by atoms with Crippen molar-refractivity contribution in [1.29, 1.82) is 5.41 Å². The highest BCUT2D eigenvalue weighted by atomic mass is 32.2. The normalized spacial score (nSPS) is 18.0. The first-order valence-corrected chi connectivity index (χ1v) is 9.93. The number of hydrogen-bond acceptors (Lipinski definition) is 4. The summed E-state index contributed by atoms with van der Waals surface area (Å²) in [6, 6.07) is 12.1. The fraction of sp³-hybridized carbons (Fsp3) is 0.238. The van der Waals surface area contributed by atoms with E-state index in [9.17, 15) is 4.79 Å². The molecule has 1 aromatic carbocycles. The van der Waals surface area contributed by atoms with Crippen LogP contribution in [0.25, 0.3) is 11.8 Å². The van der Waals surface area contributed by atoms with Crippen molar-refractivity contribution in [2.24, 2.45) is 16.0 Å². The second-order valence-electron chi connectivity index (χ2n) is 7.11. The van der Waals surface area contributed by atoms with Gasteiger partial charge in [-0.05, 0) is 55.4 Å². The molecule has 0 spiro atoms. The second-order valence-corrected chi connectivity index (χ2v) is 8.10. The van der Waals surface area contributed by atoms with E-state index in [4.69, 9.17) is 5.41 Å². The first kappa shape index (κ1) is 18.4. The summed E-state index contributed by atoms with van der Waals surface area (Å²) in [7, 11) is 0. The average molecular weight is 392 g/mol. The van der Waals surface area contributed by atoms with Crippen LogP contribution in [0.3, 0.4) is 0 Å². The molecule has 4 rings (SSSR count). The van der Waals surface area contributed by atoms with Gasteiger partial charge in [0.2, 0.25) is 5.17 Å². The molecule has 1 aromatic heterocycles. The third kappa shape index (κ3) is 3.01. The Morgan fingerprint density at radius 2 is 1.89 bits per heavy atom. The van der Waals surface area contributed by atoms with Gasteiger partial charge in [0.25, 0.3) is 5.91 Å². The molecule has 3 heterocycles. The number of hydrogen-bond donors (Lipinski definition) is 1. The smallest absolute Gasteiger partial charge is 0.283 e. The van der Waals surface area contributed by atoms with Gasteiger partial charge in [-0.25, -0.2) is 0 Å². The third-order valence-electron chi connectivity index (χ3n) is 4.75. The molecule has 28 heavy (non-hydrogen) atoms. The zero-order chi connectivity index (χ0) is 20.0. The maximum Gasteiger partial charge on any atom is 0.283 e. The largest absolute Gasteiger partial charge is 0.318 e. The first-order chi connectivity index (χ1) is 13.4. The Morgan fingerprint density at radius 3 is 2.57 bits per heavy atom. The molecule has 0 unspecified atom stereocenters. The van der Waals surface area contributed by atoms with Gasteiger partial charge in [-0.1, -0.05) is 32.0 Å². The van der Waals surface area contributed by atoms with Crippen LogP contribution in [0, 0.1) is 25.2 Å². The molecule has 0 saturated carbocycles. The molecule has 0 saturated heterocycles. The maximum absolute atomic E-state index is 12.6. The quantitative estimate of drug-likeness (QED) is 0.790. The molecule has 2 aliphatic rings. The molecule has 1 amide bonds. The number of amides is 1. The Kier molecular flexibility index (Phi) is 4.55. The van der Waals surface area contributed by atoms with Crippen LogP contribution in [0.2, 0.25) is 0 Å². The number of carbonyl (C=O) groups is 1. The zero-order valence-electron chi connectivity index (χ0n) is 16.2. The molecular weight excluding hydrogens is 370 g/mol. The van der Waals surface area contributed by atoms with E-state index in [1.165, 1.54) is 16.8 Å². The van der Waals surface area contributed by atoms with Crippen LogP contribution in [0.15, 0.2) is 52.1 Å². The Balaban J connectivity index is 1.75. The standard InChI is InChI=1S/C21H21N5OS/c1-12(2)20-24-26-18(22)17(19(27)23-21(26)28-20)11-15-10-13(3)25(14(15)4)16-8-6-5-7-9-16/h5-12,22H,1-4H3. The number of aromatic nitrogens is 1. The lowest BCUT2D eigenvalue weighted by Gasteiger charge is -2.20. The highest BCUT2D eigenvalue weighted by Gasteiger charge is 2.36. The topological polar surface area (TPSA) is 73.8 Å². The van der Waals surface area contributed by atoms with Gasteiger partial charge in [0.1, 0.15) is 5.04 Å². The number of benzene rings is 1. The predicted octanol–water partition coefficient (Wildman–Crippen LogP) is 4.37. The molecule has 2 aliphatic heterocycles. The van der Waals surface area contributed by atoms with E-state index in [1.807, 2.05) is 64.1 Å². The minimum atomic E-state index is -0.395. The Bertz CT molecular complexity index is 1080. The lowest BCUT2D eigenvalue weighted by Crippen LogP contribution is -2.35. The molecule has 0 aliphatic carbocycles. The maximum atomic E-state index is 12.6. The lowest BCUT2D eigenvalue weighted by molar-refractivity contribution is -0.114. The molecule has 7 heteroatoms. The minimum absolute atomic E-state index is 0.0719. The van der Waals surface area contributed by atoms with Crippen LogP contribution in [-0.4, -0.2) is 31.5 Å². The lowest BCUT2D eigenvalue weighted by atomic mass is 10.1. The second kappa shape index (κ2) is 6.91. The van der Waals surface area contributed by atoms with Crippen molar-refractivity contribution in [1.82, 2.24) is 9.58 Å². The molecule has 1 N–H and O–H groups in total. The van der Waals surface area contributed by atoms with E-state index in [0.29, 0.717) is 5.17 Å². The highest BCUT2D eigenvalue weighted by Crippen LogP contribution is 2.31. The van der Waals surface area contributed by atoms with Crippen LogP contribution < -0.4 is 0 Å². The van der Waals surface area contributed by atoms with Crippen LogP contribution >= 0.6 is 11.8 Å². The van der Waals surface area contributed by atoms with Gasteiger partial charge in [0, 0.05) is 23.0 Å². The number of rotatable bonds is 3. The van der Waals surface area contributed by atoms with Crippen molar-refractivity contribution in [2.45, 2.75) is 27.7 Å². The SMILES string of the molecule is Cc1cc(C=C2C(=N)N3N=C(C(C)C)SC3=NC2=O)c(C)n1-c1ccccc1. The molecule has 0 radical (unpaired) electrons. The Morgan fingerprint density at radius 1 is 1.18 bits per heavy atom. The third-order valence-corrected chi connectivity index (χ3v) is 5.96. The highest BCUT2D eigenvalue weighted by molar-refractivity contribution is 8.27. The fourth-order valence-electron chi connectivity index (χ4n) is 3.30. The number of hydrazone groups is 1. The summed E-state index contributed by atoms with van der Waals surface area (Å²) in [4.78, 5) is 16.8. The summed E-state index contributed by atoms with van der Waals surface area (Å²) in [5, 5.41) is 15.8. The van der Waals surface area contributed by atoms with E-state index in [-0.39, 0.29) is 17.3 Å². The van der Waals surface area contributed by atoms with Gasteiger partial charge in [-0.15, -0.1) is 0 Å². The van der Waals surface area contributed by atoms with E-state index in [2.05, 4.69) is 14.7 Å². The van der Waals surface area contributed by atoms with E-state index in [0.717, 1.165) is 27.7 Å². The van der Waals surface area contributed by atoms with Gasteiger partial charge in [0.15, 0.2) is 5.84 Å². The summed E-state index contributed by atoms with van der Waals surface area (Å²) in [6.07, 6.45) is 1.75. The van der Waals surface area contributed by atoms with Gasteiger partial charge in [0.05, 0.1) is 5.57 Å².